The fourth-order valence-corrected chi connectivity index (χ4v) is 1.11. The lowest BCUT2D eigenvalue weighted by molar-refractivity contribution is 0.177. The smallest absolute Gasteiger partial charge is 0.322 e. The molecule has 0 rings (SSSR count). The quantitative estimate of drug-likeness (QED) is 0.483. The molecule has 0 aromatic rings. The Kier molecular flexibility index (Phi) is 7.35. The zero-order valence-electron chi connectivity index (χ0n) is 8.13. The van der Waals surface area contributed by atoms with Crippen LogP contribution in [0.1, 0.15) is 0 Å². The lowest BCUT2D eigenvalue weighted by Gasteiger charge is -2.19. The van der Waals surface area contributed by atoms with Gasteiger partial charge in [0.05, 0.1) is 6.61 Å². The summed E-state index contributed by atoms with van der Waals surface area (Å²) in [4.78, 5) is 2.21. The van der Waals surface area contributed by atoms with E-state index in [1.165, 1.54) is 6.54 Å². The molecule has 0 aromatic carbocycles. The molecule has 0 aliphatic heterocycles. The normalized spacial score (nSPS) is 11.4. The number of ether oxygens (including phenoxy) is 1. The molecule has 0 saturated carbocycles. The molecule has 0 N–H and O–H groups in total. The minimum absolute atomic E-state index is 0.858. The molecule has 3 nitrogen and oxygen atoms in total. The van der Waals surface area contributed by atoms with E-state index >= 15 is 0 Å². The van der Waals surface area contributed by atoms with Crippen LogP contribution >= 0.6 is 0 Å². The molecule has 0 aliphatic rings. The second kappa shape index (κ2) is 7.08. The first-order valence-corrected chi connectivity index (χ1v) is 4.88. The highest BCUT2D eigenvalue weighted by molar-refractivity contribution is 6.04. The Morgan fingerprint density at radius 3 is 2.27 bits per heavy atom. The first-order valence-electron chi connectivity index (χ1n) is 3.99. The average molecular weight is 174 g/mol. The van der Waals surface area contributed by atoms with Gasteiger partial charge in [0.2, 0.25) is 0 Å². The van der Waals surface area contributed by atoms with E-state index in [1.807, 2.05) is 0 Å². The molecule has 0 spiro atoms. The van der Waals surface area contributed by atoms with E-state index in [0.29, 0.717) is 0 Å². The number of hydrogen-bond donors (Lipinski definition) is 0. The molecule has 0 amide bonds. The minimum Gasteiger partial charge on any atom is -0.388 e. The van der Waals surface area contributed by atoms with Crippen LogP contribution in [0, 0.1) is 0 Å². The predicted octanol–water partition coefficient (Wildman–Crippen LogP) is -0.955. The summed E-state index contributed by atoms with van der Waals surface area (Å²) in [5.41, 5.74) is 0. The van der Waals surface area contributed by atoms with Crippen molar-refractivity contribution in [2.24, 2.45) is 0 Å². The maximum atomic E-state index is 4.99. The van der Waals surface area contributed by atoms with Crippen LogP contribution in [0.5, 0.6) is 0 Å². The maximum absolute atomic E-state index is 4.99. The molecule has 0 saturated heterocycles. The van der Waals surface area contributed by atoms with Crippen LogP contribution in [0.2, 0.25) is 0 Å². The molecule has 66 valence electrons. The van der Waals surface area contributed by atoms with Crippen molar-refractivity contribution < 1.29 is 4.74 Å². The van der Waals surface area contributed by atoms with E-state index in [0.717, 1.165) is 36.2 Å². The molecule has 0 radical (unpaired) electrons. The lowest BCUT2D eigenvalue weighted by Crippen LogP contribution is -2.32. The Morgan fingerprint density at radius 2 is 1.82 bits per heavy atom. The van der Waals surface area contributed by atoms with Crippen molar-refractivity contribution >= 4 is 16.5 Å². The fourth-order valence-electron chi connectivity index (χ4n) is 0.730. The average Bonchev–Trinajstić information content (AvgIpc) is 1.97. The highest BCUT2D eigenvalue weighted by atomic mass is 27.1. The third-order valence-corrected chi connectivity index (χ3v) is 2.50. The van der Waals surface area contributed by atoms with Crippen LogP contribution in [-0.4, -0.2) is 72.7 Å². The van der Waals surface area contributed by atoms with Crippen LogP contribution in [-0.2, 0) is 4.74 Å². The molecule has 0 bridgehead atoms. The summed E-state index contributed by atoms with van der Waals surface area (Å²) in [5.74, 6) is 0. The molecule has 0 aliphatic carbocycles. The predicted molar refractivity (Wildman–Crippen MR) is 50.5 cm³/mol. The van der Waals surface area contributed by atoms with Crippen LogP contribution < -0.4 is 0 Å². The van der Waals surface area contributed by atoms with Crippen LogP contribution in [0.3, 0.4) is 0 Å². The summed E-state index contributed by atoms with van der Waals surface area (Å²) >= 11 is 1.14. The Balaban J connectivity index is 3.15. The maximum Gasteiger partial charge on any atom is 0.322 e. The third-order valence-electron chi connectivity index (χ3n) is 1.61. The Hall–Kier alpha value is 0.412. The summed E-state index contributed by atoms with van der Waals surface area (Å²) < 4.78 is 7.39. The Morgan fingerprint density at radius 1 is 1.18 bits per heavy atom. The zero-order valence-corrected chi connectivity index (χ0v) is 10.1. The largest absolute Gasteiger partial charge is 0.388 e. The van der Waals surface area contributed by atoms with Crippen molar-refractivity contribution in [1.29, 1.82) is 0 Å². The van der Waals surface area contributed by atoms with Crippen molar-refractivity contribution in [1.82, 2.24) is 8.78 Å². The number of likely N-dealkylation sites (N-methyl/N-ethyl adjacent to an activating group) is 1. The molecule has 4 heteroatoms. The second-order valence-electron chi connectivity index (χ2n) is 3.10. The topological polar surface area (TPSA) is 15.7 Å². The van der Waals surface area contributed by atoms with Crippen LogP contribution in [0.25, 0.3) is 0 Å². The van der Waals surface area contributed by atoms with Crippen molar-refractivity contribution in [3.63, 3.8) is 0 Å². The van der Waals surface area contributed by atoms with E-state index in [-0.39, 0.29) is 0 Å². The second-order valence-corrected chi connectivity index (χ2v) is 4.36. The third kappa shape index (κ3) is 8.32. The van der Waals surface area contributed by atoms with E-state index in [2.05, 4.69) is 22.9 Å². The number of rotatable bonds is 6. The Bertz CT molecular complexity index is 90.5. The minimum atomic E-state index is 0.858. The van der Waals surface area contributed by atoms with Gasteiger partial charge in [-0.2, -0.15) is 0 Å². The van der Waals surface area contributed by atoms with Gasteiger partial charge >= 0.3 is 16.5 Å². The standard InChI is InChI=1S/C7H17N2O.Al.2H/c1-9(2)6-4-8-5-7-10-3;;;/h4-7H2,1-3H3;;;/q-1;+1;;. The van der Waals surface area contributed by atoms with Gasteiger partial charge in [-0.15, -0.1) is 0 Å². The number of hydrogen-bond acceptors (Lipinski definition) is 3. The monoisotopic (exact) mass is 174 g/mol. The van der Waals surface area contributed by atoms with Crippen molar-refractivity contribution in [3.8, 4) is 0 Å². The fraction of sp³-hybridized carbons (Fsp3) is 1.00. The first-order chi connectivity index (χ1) is 5.16. The molecule has 0 unspecified atom stereocenters. The van der Waals surface area contributed by atoms with Gasteiger partial charge in [-0.3, -0.25) is 0 Å². The van der Waals surface area contributed by atoms with Gasteiger partial charge in [-0.1, -0.05) is 0 Å². The molecule has 0 heterocycles. The summed E-state index contributed by atoms with van der Waals surface area (Å²) in [6.07, 6.45) is 0. The summed E-state index contributed by atoms with van der Waals surface area (Å²) in [5, 5.41) is 0. The Labute approximate surface area is 77.9 Å². The first kappa shape index (κ1) is 11.4. The van der Waals surface area contributed by atoms with Gasteiger partial charge in [0, 0.05) is 20.2 Å². The van der Waals surface area contributed by atoms with Gasteiger partial charge in [0.15, 0.2) is 0 Å². The zero-order chi connectivity index (χ0) is 8.69. The highest BCUT2D eigenvalue weighted by Gasteiger charge is 1.96. The molecule has 0 fully saturated rings. The van der Waals surface area contributed by atoms with Crippen molar-refractivity contribution in [2.45, 2.75) is 0 Å². The van der Waals surface area contributed by atoms with E-state index in [1.54, 1.807) is 7.11 Å². The SMILES string of the molecule is COCC[N]([AlH2])CCN(C)C. The van der Waals surface area contributed by atoms with E-state index < -0.39 is 0 Å². The molecule has 0 atom stereocenters. The lowest BCUT2D eigenvalue weighted by atomic mass is 10.5. The van der Waals surface area contributed by atoms with E-state index in [9.17, 15) is 0 Å². The van der Waals surface area contributed by atoms with Gasteiger partial charge in [0.1, 0.15) is 0 Å². The van der Waals surface area contributed by atoms with Crippen molar-refractivity contribution in [3.05, 3.63) is 0 Å². The van der Waals surface area contributed by atoms with Gasteiger partial charge in [-0.05, 0) is 20.6 Å². The van der Waals surface area contributed by atoms with Gasteiger partial charge < -0.3 is 13.5 Å². The van der Waals surface area contributed by atoms with Crippen LogP contribution in [0.15, 0.2) is 0 Å². The molecule has 0 aromatic heterocycles. The molecular formula is C7H19AlN2O. The van der Waals surface area contributed by atoms with Gasteiger partial charge in [-0.25, -0.2) is 0 Å². The molecule has 11 heavy (non-hydrogen) atoms. The number of nitrogens with zero attached hydrogens (tertiary/aromatic N) is 2. The highest BCUT2D eigenvalue weighted by Crippen LogP contribution is 1.82. The van der Waals surface area contributed by atoms with Crippen molar-refractivity contribution in [2.75, 3.05) is 47.4 Å². The van der Waals surface area contributed by atoms with E-state index in [4.69, 9.17) is 4.74 Å². The summed E-state index contributed by atoms with van der Waals surface area (Å²) in [6, 6.07) is 0. The van der Waals surface area contributed by atoms with Gasteiger partial charge in [0.25, 0.3) is 0 Å². The summed E-state index contributed by atoms with van der Waals surface area (Å²) in [7, 11) is 5.96. The summed E-state index contributed by atoms with van der Waals surface area (Å²) in [6.45, 7) is 4.25. The van der Waals surface area contributed by atoms with Crippen LogP contribution in [0.4, 0.5) is 0 Å². The number of methoxy groups -OCH3 is 1. The molecular weight excluding hydrogens is 155 g/mol.